The molecule has 1 aliphatic rings. The van der Waals surface area contributed by atoms with Crippen LogP contribution in [0.1, 0.15) is 64.5 Å². The van der Waals surface area contributed by atoms with Gasteiger partial charge in [0.05, 0.1) is 0 Å². The number of hydrogen-bond acceptors (Lipinski definition) is 3. The molecular weight excluding hydrogens is 328 g/mol. The van der Waals surface area contributed by atoms with E-state index in [0.717, 1.165) is 29.7 Å². The number of carbonyl (C=O) groups is 2. The van der Waals surface area contributed by atoms with Crippen LogP contribution in [0.3, 0.4) is 0 Å². The van der Waals surface area contributed by atoms with Gasteiger partial charge in [-0.05, 0) is 64.5 Å². The van der Waals surface area contributed by atoms with Crippen molar-refractivity contribution in [3.8, 4) is 0 Å². The molecule has 2 N–H and O–H groups in total. The summed E-state index contributed by atoms with van der Waals surface area (Å²) in [6.45, 7) is 9.53. The number of anilines is 1. The van der Waals surface area contributed by atoms with Crippen LogP contribution >= 0.6 is 0 Å². The summed E-state index contributed by atoms with van der Waals surface area (Å²) in [5, 5.41) is 5.74. The van der Waals surface area contributed by atoms with Crippen molar-refractivity contribution in [2.45, 2.75) is 78.4 Å². The Bertz CT molecular complexity index is 645. The lowest BCUT2D eigenvalue weighted by atomic mass is 10.1. The Kier molecular flexibility index (Phi) is 6.68. The lowest BCUT2D eigenvalue weighted by Crippen LogP contribution is -2.46. The van der Waals surface area contributed by atoms with E-state index in [1.54, 1.807) is 0 Å². The summed E-state index contributed by atoms with van der Waals surface area (Å²) in [5.74, 6) is 0.506. The Morgan fingerprint density at radius 2 is 1.96 bits per heavy atom. The molecule has 1 aromatic carbocycles. The number of benzene rings is 1. The number of amides is 2. The van der Waals surface area contributed by atoms with Crippen molar-refractivity contribution < 1.29 is 14.3 Å². The van der Waals surface area contributed by atoms with Gasteiger partial charge in [0.15, 0.2) is 0 Å². The summed E-state index contributed by atoms with van der Waals surface area (Å²) >= 11 is 0. The van der Waals surface area contributed by atoms with Gasteiger partial charge in [0.25, 0.3) is 0 Å². The van der Waals surface area contributed by atoms with Crippen LogP contribution in [-0.4, -0.2) is 23.6 Å². The van der Waals surface area contributed by atoms with E-state index in [0.29, 0.717) is 12.3 Å². The van der Waals surface area contributed by atoms with Crippen LogP contribution in [0.5, 0.6) is 0 Å². The largest absolute Gasteiger partial charge is 0.444 e. The molecule has 0 radical (unpaired) electrons. The summed E-state index contributed by atoms with van der Waals surface area (Å²) in [6, 6.07) is 5.40. The minimum Gasteiger partial charge on any atom is -0.444 e. The van der Waals surface area contributed by atoms with E-state index in [-0.39, 0.29) is 5.91 Å². The predicted molar refractivity (Wildman–Crippen MR) is 104 cm³/mol. The molecule has 0 bridgehead atoms. The first-order chi connectivity index (χ1) is 12.2. The number of hydrogen-bond donors (Lipinski definition) is 2. The lowest BCUT2D eigenvalue weighted by molar-refractivity contribution is -0.118. The van der Waals surface area contributed by atoms with Gasteiger partial charge in [-0.1, -0.05) is 37.5 Å². The van der Waals surface area contributed by atoms with Gasteiger partial charge in [-0.25, -0.2) is 4.79 Å². The molecule has 1 unspecified atom stereocenters. The molecule has 144 valence electrons. The van der Waals surface area contributed by atoms with E-state index in [1.807, 2.05) is 39.8 Å². The molecule has 0 aliphatic heterocycles. The number of aryl methyl sites for hydroxylation is 2. The van der Waals surface area contributed by atoms with Crippen molar-refractivity contribution in [3.63, 3.8) is 0 Å². The maximum absolute atomic E-state index is 12.8. The molecule has 5 heteroatoms. The van der Waals surface area contributed by atoms with Crippen molar-refractivity contribution in [2.75, 3.05) is 5.32 Å². The zero-order valence-corrected chi connectivity index (χ0v) is 16.6. The maximum Gasteiger partial charge on any atom is 0.408 e. The molecule has 2 amide bonds. The smallest absolute Gasteiger partial charge is 0.408 e. The number of ether oxygens (including phenoxy) is 1. The molecule has 0 spiro atoms. The SMILES string of the molecule is CCc1cc(C)ccc1NC(=O)C(CCC1CC1)NC(=O)OC(C)(C)C. The molecule has 26 heavy (non-hydrogen) atoms. The van der Waals surface area contributed by atoms with Crippen LogP contribution in [0.4, 0.5) is 10.5 Å². The number of nitrogens with one attached hydrogen (secondary N) is 2. The van der Waals surface area contributed by atoms with E-state index >= 15 is 0 Å². The van der Waals surface area contributed by atoms with Gasteiger partial charge in [-0.15, -0.1) is 0 Å². The first-order valence-corrected chi connectivity index (χ1v) is 9.58. The van der Waals surface area contributed by atoms with E-state index in [9.17, 15) is 9.59 Å². The predicted octanol–water partition coefficient (Wildman–Crippen LogP) is 4.58. The topological polar surface area (TPSA) is 67.4 Å². The second kappa shape index (κ2) is 8.56. The van der Waals surface area contributed by atoms with E-state index in [4.69, 9.17) is 4.74 Å². The van der Waals surface area contributed by atoms with Crippen molar-refractivity contribution in [1.29, 1.82) is 0 Å². The monoisotopic (exact) mass is 360 g/mol. The minimum atomic E-state index is -0.589. The number of alkyl carbamates (subject to hydrolysis) is 1. The zero-order chi connectivity index (χ0) is 19.3. The highest BCUT2D eigenvalue weighted by molar-refractivity contribution is 5.97. The molecule has 0 aromatic heterocycles. The molecule has 2 rings (SSSR count). The van der Waals surface area contributed by atoms with Crippen LogP contribution in [0, 0.1) is 12.8 Å². The Labute approximate surface area is 156 Å². The Hall–Kier alpha value is -2.04. The first-order valence-electron chi connectivity index (χ1n) is 9.58. The van der Waals surface area contributed by atoms with Gasteiger partial charge >= 0.3 is 6.09 Å². The Morgan fingerprint density at radius 1 is 1.27 bits per heavy atom. The standard InChI is InChI=1S/C21H32N2O3/c1-6-16-13-14(2)7-11-17(16)22-19(24)18(12-10-15-8-9-15)23-20(25)26-21(3,4)5/h7,11,13,15,18H,6,8-10,12H2,1-5H3,(H,22,24)(H,23,25). The number of carbonyl (C=O) groups excluding carboxylic acids is 2. The van der Waals surface area contributed by atoms with Crippen LogP contribution in [-0.2, 0) is 16.0 Å². The third kappa shape index (κ3) is 6.70. The maximum atomic E-state index is 12.8. The highest BCUT2D eigenvalue weighted by Gasteiger charge is 2.28. The van der Waals surface area contributed by atoms with Gasteiger partial charge in [0, 0.05) is 5.69 Å². The highest BCUT2D eigenvalue weighted by Crippen LogP contribution is 2.34. The fraction of sp³-hybridized carbons (Fsp3) is 0.619. The van der Waals surface area contributed by atoms with Gasteiger partial charge in [0.2, 0.25) is 5.91 Å². The molecule has 1 atom stereocenters. The quantitative estimate of drug-likeness (QED) is 0.748. The van der Waals surface area contributed by atoms with Crippen LogP contribution < -0.4 is 10.6 Å². The summed E-state index contributed by atoms with van der Waals surface area (Å²) in [7, 11) is 0. The van der Waals surface area contributed by atoms with Gasteiger partial charge in [-0.3, -0.25) is 4.79 Å². The second-order valence-electron chi connectivity index (χ2n) is 8.22. The molecule has 1 fully saturated rings. The minimum absolute atomic E-state index is 0.185. The fourth-order valence-corrected chi connectivity index (χ4v) is 2.88. The van der Waals surface area contributed by atoms with Crippen molar-refractivity contribution in [1.82, 2.24) is 5.32 Å². The zero-order valence-electron chi connectivity index (χ0n) is 16.6. The number of rotatable bonds is 7. The summed E-state index contributed by atoms with van der Waals surface area (Å²) < 4.78 is 5.32. The van der Waals surface area contributed by atoms with E-state index in [1.165, 1.54) is 12.8 Å². The average Bonchev–Trinajstić information content (AvgIpc) is 3.35. The van der Waals surface area contributed by atoms with E-state index in [2.05, 4.69) is 23.6 Å². The van der Waals surface area contributed by atoms with Crippen molar-refractivity contribution in [3.05, 3.63) is 29.3 Å². The van der Waals surface area contributed by atoms with Crippen LogP contribution in [0.25, 0.3) is 0 Å². The summed E-state index contributed by atoms with van der Waals surface area (Å²) in [4.78, 5) is 25.0. The molecule has 0 heterocycles. The Balaban J connectivity index is 2.05. The summed E-state index contributed by atoms with van der Waals surface area (Å²) in [5.41, 5.74) is 2.48. The third-order valence-corrected chi connectivity index (χ3v) is 4.47. The van der Waals surface area contributed by atoms with Crippen molar-refractivity contribution in [2.24, 2.45) is 5.92 Å². The molecular formula is C21H32N2O3. The third-order valence-electron chi connectivity index (χ3n) is 4.47. The van der Waals surface area contributed by atoms with Crippen LogP contribution in [0.15, 0.2) is 18.2 Å². The van der Waals surface area contributed by atoms with Crippen LogP contribution in [0.2, 0.25) is 0 Å². The molecule has 5 nitrogen and oxygen atoms in total. The average molecular weight is 360 g/mol. The van der Waals surface area contributed by atoms with E-state index < -0.39 is 17.7 Å². The fourth-order valence-electron chi connectivity index (χ4n) is 2.88. The van der Waals surface area contributed by atoms with Crippen molar-refractivity contribution >= 4 is 17.7 Å². The molecule has 1 aromatic rings. The van der Waals surface area contributed by atoms with Gasteiger partial charge < -0.3 is 15.4 Å². The molecule has 1 aliphatic carbocycles. The lowest BCUT2D eigenvalue weighted by Gasteiger charge is -2.23. The molecule has 0 saturated heterocycles. The highest BCUT2D eigenvalue weighted by atomic mass is 16.6. The van der Waals surface area contributed by atoms with Gasteiger partial charge in [0.1, 0.15) is 11.6 Å². The Morgan fingerprint density at radius 3 is 2.54 bits per heavy atom. The first kappa shape index (κ1) is 20.3. The second-order valence-corrected chi connectivity index (χ2v) is 8.22. The molecule has 1 saturated carbocycles. The normalized spacial score (nSPS) is 15.3. The summed E-state index contributed by atoms with van der Waals surface area (Å²) in [6.07, 6.45) is 4.31. The van der Waals surface area contributed by atoms with Gasteiger partial charge in [-0.2, -0.15) is 0 Å².